The van der Waals surface area contributed by atoms with Gasteiger partial charge in [-0.1, -0.05) is 48.5 Å². The van der Waals surface area contributed by atoms with E-state index in [1.807, 2.05) is 42.5 Å². The first kappa shape index (κ1) is 11.0. The number of hydrogen-bond donors (Lipinski definition) is 2. The summed E-state index contributed by atoms with van der Waals surface area (Å²) in [5.41, 5.74) is 0.874. The minimum absolute atomic E-state index is 0.305. The fourth-order valence-electron chi connectivity index (χ4n) is 2.33. The molecule has 3 heteroatoms. The van der Waals surface area contributed by atoms with E-state index in [9.17, 15) is 9.90 Å². The molecule has 3 nitrogen and oxygen atoms in total. The molecule has 0 saturated carbocycles. The van der Waals surface area contributed by atoms with Crippen LogP contribution >= 0.6 is 0 Å². The molecule has 1 unspecified atom stereocenters. The Labute approximate surface area is 105 Å². The molecule has 2 aromatic carbocycles. The number of carbonyl (C=O) groups excluding carboxylic acids is 1. The number of amides is 1. The molecule has 90 valence electrons. The van der Waals surface area contributed by atoms with Crippen LogP contribution in [0.15, 0.2) is 54.6 Å². The van der Waals surface area contributed by atoms with Crippen LogP contribution in [0.4, 0.5) is 5.69 Å². The van der Waals surface area contributed by atoms with Crippen LogP contribution in [0, 0.1) is 0 Å². The molecule has 1 atom stereocenters. The van der Waals surface area contributed by atoms with Crippen LogP contribution in [0.1, 0.15) is 11.1 Å². The van der Waals surface area contributed by atoms with Gasteiger partial charge in [-0.3, -0.25) is 4.79 Å². The lowest BCUT2D eigenvalue weighted by atomic mass is 9.83. The average Bonchev–Trinajstić information content (AvgIpc) is 2.41. The number of benzene rings is 2. The molecule has 1 aliphatic heterocycles. The fraction of sp³-hybridized carbons (Fsp3) is 0.133. The summed E-state index contributed by atoms with van der Waals surface area (Å²) >= 11 is 0. The Balaban J connectivity index is 2.07. The van der Waals surface area contributed by atoms with E-state index in [2.05, 4.69) is 5.32 Å². The molecule has 18 heavy (non-hydrogen) atoms. The highest BCUT2D eigenvalue weighted by molar-refractivity contribution is 6.00. The summed E-state index contributed by atoms with van der Waals surface area (Å²) in [6, 6.07) is 16.6. The smallest absolute Gasteiger partial charge is 0.261 e. The van der Waals surface area contributed by atoms with Crippen LogP contribution in [-0.4, -0.2) is 11.0 Å². The Kier molecular flexibility index (Phi) is 2.42. The Morgan fingerprint density at radius 1 is 1.00 bits per heavy atom. The molecule has 0 spiro atoms. The third kappa shape index (κ3) is 1.60. The highest BCUT2D eigenvalue weighted by Crippen LogP contribution is 2.34. The van der Waals surface area contributed by atoms with E-state index in [1.165, 1.54) is 0 Å². The predicted octanol–water partition coefficient (Wildman–Crippen LogP) is 2.07. The normalized spacial score (nSPS) is 22.2. The number of para-hydroxylation sites is 1. The minimum Gasteiger partial charge on any atom is -0.375 e. The second-order valence-electron chi connectivity index (χ2n) is 4.51. The van der Waals surface area contributed by atoms with Crippen molar-refractivity contribution < 1.29 is 9.90 Å². The van der Waals surface area contributed by atoms with Crippen molar-refractivity contribution in [3.05, 3.63) is 65.7 Å². The van der Waals surface area contributed by atoms with Gasteiger partial charge in [0.05, 0.1) is 0 Å². The van der Waals surface area contributed by atoms with E-state index in [4.69, 9.17) is 0 Å². The van der Waals surface area contributed by atoms with Crippen molar-refractivity contribution in [2.75, 3.05) is 5.32 Å². The van der Waals surface area contributed by atoms with Crippen LogP contribution in [0.25, 0.3) is 0 Å². The number of nitrogens with one attached hydrogen (secondary N) is 1. The second-order valence-corrected chi connectivity index (χ2v) is 4.51. The Bertz CT molecular complexity index is 594. The number of carbonyl (C=O) groups is 1. The van der Waals surface area contributed by atoms with Crippen molar-refractivity contribution in [2.24, 2.45) is 0 Å². The highest BCUT2D eigenvalue weighted by Gasteiger charge is 2.41. The maximum absolute atomic E-state index is 12.1. The molecular weight excluding hydrogens is 226 g/mol. The number of hydrogen-bond acceptors (Lipinski definition) is 2. The maximum atomic E-state index is 12.1. The van der Waals surface area contributed by atoms with Crippen LogP contribution in [-0.2, 0) is 16.8 Å². The van der Waals surface area contributed by atoms with Gasteiger partial charge >= 0.3 is 0 Å². The second kappa shape index (κ2) is 3.96. The van der Waals surface area contributed by atoms with E-state index in [0.29, 0.717) is 12.0 Å². The number of rotatable bonds is 1. The van der Waals surface area contributed by atoms with Gasteiger partial charge in [0.1, 0.15) is 0 Å². The first-order valence-corrected chi connectivity index (χ1v) is 5.87. The van der Waals surface area contributed by atoms with Gasteiger partial charge in [-0.15, -0.1) is 0 Å². The summed E-state index contributed by atoms with van der Waals surface area (Å²) in [6.45, 7) is 0. The molecule has 2 aromatic rings. The number of anilines is 1. The molecule has 2 N–H and O–H groups in total. The first-order chi connectivity index (χ1) is 8.70. The molecule has 0 bridgehead atoms. The standard InChI is InChI=1S/C15H13NO2/c17-14-15(18,12-7-2-1-3-8-12)10-11-6-4-5-9-13(11)16-14/h1-9,18H,10H2,(H,16,17). The van der Waals surface area contributed by atoms with Crippen molar-refractivity contribution in [1.29, 1.82) is 0 Å². The summed E-state index contributed by atoms with van der Waals surface area (Å²) in [6.07, 6.45) is 0.305. The lowest BCUT2D eigenvalue weighted by molar-refractivity contribution is -0.135. The van der Waals surface area contributed by atoms with E-state index in [1.54, 1.807) is 12.1 Å². The Morgan fingerprint density at radius 3 is 2.44 bits per heavy atom. The largest absolute Gasteiger partial charge is 0.375 e. The zero-order chi connectivity index (χ0) is 12.6. The van der Waals surface area contributed by atoms with Gasteiger partial charge in [0.15, 0.2) is 5.60 Å². The van der Waals surface area contributed by atoms with Gasteiger partial charge in [0, 0.05) is 12.1 Å². The zero-order valence-corrected chi connectivity index (χ0v) is 9.76. The van der Waals surface area contributed by atoms with Crippen molar-refractivity contribution in [3.63, 3.8) is 0 Å². The van der Waals surface area contributed by atoms with Gasteiger partial charge in [-0.2, -0.15) is 0 Å². The third-order valence-corrected chi connectivity index (χ3v) is 3.34. The average molecular weight is 239 g/mol. The summed E-state index contributed by atoms with van der Waals surface area (Å²) < 4.78 is 0. The molecule has 0 aliphatic carbocycles. The van der Waals surface area contributed by atoms with Gasteiger partial charge in [0.25, 0.3) is 5.91 Å². The van der Waals surface area contributed by atoms with Crippen molar-refractivity contribution in [1.82, 2.24) is 0 Å². The molecule has 3 rings (SSSR count). The van der Waals surface area contributed by atoms with Gasteiger partial charge < -0.3 is 10.4 Å². The zero-order valence-electron chi connectivity index (χ0n) is 9.76. The van der Waals surface area contributed by atoms with Gasteiger partial charge in [-0.05, 0) is 17.2 Å². The van der Waals surface area contributed by atoms with Crippen LogP contribution in [0.3, 0.4) is 0 Å². The highest BCUT2D eigenvalue weighted by atomic mass is 16.3. The van der Waals surface area contributed by atoms with E-state index >= 15 is 0 Å². The lowest BCUT2D eigenvalue weighted by Crippen LogP contribution is -2.45. The monoisotopic (exact) mass is 239 g/mol. The molecule has 1 amide bonds. The first-order valence-electron chi connectivity index (χ1n) is 5.87. The quantitative estimate of drug-likeness (QED) is 0.800. The molecule has 0 aromatic heterocycles. The van der Waals surface area contributed by atoms with Crippen molar-refractivity contribution in [2.45, 2.75) is 12.0 Å². The Hall–Kier alpha value is -2.13. The maximum Gasteiger partial charge on any atom is 0.261 e. The third-order valence-electron chi connectivity index (χ3n) is 3.34. The number of aliphatic hydroxyl groups is 1. The van der Waals surface area contributed by atoms with Crippen molar-refractivity contribution in [3.8, 4) is 0 Å². The Morgan fingerprint density at radius 2 is 1.67 bits per heavy atom. The summed E-state index contributed by atoms with van der Waals surface area (Å²) in [4.78, 5) is 12.1. The van der Waals surface area contributed by atoms with E-state index in [0.717, 1.165) is 11.3 Å². The summed E-state index contributed by atoms with van der Waals surface area (Å²) in [5.74, 6) is -0.368. The van der Waals surface area contributed by atoms with Gasteiger partial charge in [0.2, 0.25) is 0 Å². The lowest BCUT2D eigenvalue weighted by Gasteiger charge is -2.32. The molecule has 0 radical (unpaired) electrons. The minimum atomic E-state index is -1.48. The topological polar surface area (TPSA) is 49.3 Å². The summed E-state index contributed by atoms with van der Waals surface area (Å²) in [5, 5.41) is 13.4. The van der Waals surface area contributed by atoms with Crippen molar-refractivity contribution >= 4 is 11.6 Å². The number of fused-ring (bicyclic) bond motifs is 1. The summed E-state index contributed by atoms with van der Waals surface area (Å²) in [7, 11) is 0. The molecular formula is C15H13NO2. The molecule has 0 fully saturated rings. The van der Waals surface area contributed by atoms with E-state index in [-0.39, 0.29) is 5.91 Å². The molecule has 1 heterocycles. The van der Waals surface area contributed by atoms with Crippen LogP contribution < -0.4 is 5.32 Å². The van der Waals surface area contributed by atoms with Crippen LogP contribution in [0.2, 0.25) is 0 Å². The van der Waals surface area contributed by atoms with E-state index < -0.39 is 5.60 Å². The fourth-order valence-corrected chi connectivity index (χ4v) is 2.33. The van der Waals surface area contributed by atoms with Crippen LogP contribution in [0.5, 0.6) is 0 Å². The SMILES string of the molecule is O=C1Nc2ccccc2CC1(O)c1ccccc1. The predicted molar refractivity (Wildman–Crippen MR) is 69.1 cm³/mol. The molecule has 0 saturated heterocycles. The molecule has 1 aliphatic rings. The van der Waals surface area contributed by atoms with Gasteiger partial charge in [-0.25, -0.2) is 0 Å².